The van der Waals surface area contributed by atoms with Gasteiger partial charge in [-0.25, -0.2) is 0 Å². The van der Waals surface area contributed by atoms with Crippen molar-refractivity contribution in [2.24, 2.45) is 0 Å². The van der Waals surface area contributed by atoms with Gasteiger partial charge < -0.3 is 20.8 Å². The van der Waals surface area contributed by atoms with E-state index in [0.29, 0.717) is 21.4 Å². The van der Waals surface area contributed by atoms with Crippen LogP contribution >= 0.6 is 35.4 Å². The lowest BCUT2D eigenvalue weighted by molar-refractivity contribution is 0.452. The van der Waals surface area contributed by atoms with E-state index in [1.807, 2.05) is 0 Å². The van der Waals surface area contributed by atoms with Gasteiger partial charge in [-0.15, -0.1) is 0 Å². The molecular weight excluding hydrogens is 319 g/mol. The van der Waals surface area contributed by atoms with Crippen molar-refractivity contribution in [3.05, 3.63) is 46.4 Å². The Morgan fingerprint density at radius 3 is 2.20 bits per heavy atom. The highest BCUT2D eigenvalue weighted by atomic mass is 35.5. The maximum Gasteiger partial charge on any atom is 0.175 e. The topological polar surface area (TPSA) is 64.5 Å². The summed E-state index contributed by atoms with van der Waals surface area (Å²) in [5.41, 5.74) is 0.992. The summed E-state index contributed by atoms with van der Waals surface area (Å²) in [6, 6.07) is 9.08. The predicted molar refractivity (Wildman–Crippen MR) is 86.1 cm³/mol. The summed E-state index contributed by atoms with van der Waals surface area (Å²) in [6.07, 6.45) is 0. The number of hydrogen-bond donors (Lipinski definition) is 4. The first-order valence-electron chi connectivity index (χ1n) is 5.50. The number of benzene rings is 2. The number of halogens is 2. The first-order chi connectivity index (χ1) is 9.44. The Morgan fingerprint density at radius 2 is 1.60 bits per heavy atom. The van der Waals surface area contributed by atoms with Gasteiger partial charge in [0.25, 0.3) is 0 Å². The number of hydrogen-bond acceptors (Lipinski definition) is 3. The average Bonchev–Trinajstić information content (AvgIpc) is 2.31. The molecule has 0 saturated heterocycles. The van der Waals surface area contributed by atoms with Crippen molar-refractivity contribution >= 4 is 51.9 Å². The zero-order valence-electron chi connectivity index (χ0n) is 10.0. The Balaban J connectivity index is 2.09. The molecule has 0 aliphatic carbocycles. The summed E-state index contributed by atoms with van der Waals surface area (Å²) >= 11 is 16.9. The number of anilines is 2. The molecule has 2 rings (SSSR count). The summed E-state index contributed by atoms with van der Waals surface area (Å²) in [6.45, 7) is 0. The summed E-state index contributed by atoms with van der Waals surface area (Å²) in [7, 11) is 0. The maximum atomic E-state index is 9.64. The minimum atomic E-state index is -0.113. The van der Waals surface area contributed by atoms with Crippen molar-refractivity contribution in [1.29, 1.82) is 0 Å². The summed E-state index contributed by atoms with van der Waals surface area (Å²) < 4.78 is 0. The molecule has 0 unspecified atom stereocenters. The van der Waals surface area contributed by atoms with E-state index >= 15 is 0 Å². The van der Waals surface area contributed by atoms with E-state index in [9.17, 15) is 10.2 Å². The maximum absolute atomic E-state index is 9.64. The van der Waals surface area contributed by atoms with Gasteiger partial charge in [0.05, 0.1) is 5.69 Å². The number of thiocarbonyl (C=S) groups is 1. The third kappa shape index (κ3) is 3.90. The van der Waals surface area contributed by atoms with Gasteiger partial charge in [0.1, 0.15) is 11.5 Å². The summed E-state index contributed by atoms with van der Waals surface area (Å²) in [4.78, 5) is 0. The van der Waals surface area contributed by atoms with Crippen LogP contribution in [0.15, 0.2) is 36.4 Å². The van der Waals surface area contributed by atoms with Crippen LogP contribution in [0.25, 0.3) is 0 Å². The van der Waals surface area contributed by atoms with Crippen molar-refractivity contribution in [2.75, 3.05) is 10.6 Å². The van der Waals surface area contributed by atoms with Crippen molar-refractivity contribution in [1.82, 2.24) is 0 Å². The van der Waals surface area contributed by atoms with Gasteiger partial charge in [0, 0.05) is 21.8 Å². The molecule has 0 radical (unpaired) electrons. The molecule has 0 amide bonds. The molecule has 0 aliphatic rings. The number of rotatable bonds is 2. The third-order valence-corrected chi connectivity index (χ3v) is 2.99. The molecule has 7 heteroatoms. The highest BCUT2D eigenvalue weighted by molar-refractivity contribution is 7.80. The van der Waals surface area contributed by atoms with Gasteiger partial charge in [-0.2, -0.15) is 0 Å². The van der Waals surface area contributed by atoms with Crippen molar-refractivity contribution < 1.29 is 10.2 Å². The lowest BCUT2D eigenvalue weighted by Gasteiger charge is -2.12. The molecule has 104 valence electrons. The van der Waals surface area contributed by atoms with Crippen molar-refractivity contribution in [2.45, 2.75) is 0 Å². The molecule has 2 aromatic carbocycles. The standard InChI is InChI=1S/C13H10Cl2N2O2S/c14-7-3-8(15)5-9(4-7)16-13(20)17-11-2-1-10(18)6-12(11)19/h1-6,18-19H,(H2,16,17,20). The molecule has 20 heavy (non-hydrogen) atoms. The van der Waals surface area contributed by atoms with Gasteiger partial charge in [-0.3, -0.25) is 0 Å². The first kappa shape index (κ1) is 14.7. The third-order valence-electron chi connectivity index (χ3n) is 2.35. The highest BCUT2D eigenvalue weighted by Gasteiger charge is 2.05. The highest BCUT2D eigenvalue weighted by Crippen LogP contribution is 2.27. The molecule has 0 bridgehead atoms. The Kier molecular flexibility index (Phi) is 4.54. The zero-order chi connectivity index (χ0) is 14.7. The molecular formula is C13H10Cl2N2O2S. The van der Waals surface area contributed by atoms with Crippen molar-refractivity contribution in [3.8, 4) is 11.5 Å². The monoisotopic (exact) mass is 328 g/mol. The lowest BCUT2D eigenvalue weighted by Crippen LogP contribution is -2.19. The van der Waals surface area contributed by atoms with E-state index in [1.54, 1.807) is 18.2 Å². The molecule has 4 N–H and O–H groups in total. The Hall–Kier alpha value is -1.69. The largest absolute Gasteiger partial charge is 0.508 e. The number of nitrogens with one attached hydrogen (secondary N) is 2. The van der Waals surface area contributed by atoms with E-state index in [2.05, 4.69) is 10.6 Å². The van der Waals surface area contributed by atoms with E-state index in [4.69, 9.17) is 35.4 Å². The quantitative estimate of drug-likeness (QED) is 0.378. The normalized spacial score (nSPS) is 10.1. The van der Waals surface area contributed by atoms with E-state index in [-0.39, 0.29) is 16.6 Å². The fourth-order valence-corrected chi connectivity index (χ4v) is 2.29. The van der Waals surface area contributed by atoms with Gasteiger partial charge in [-0.1, -0.05) is 23.2 Å². The second kappa shape index (κ2) is 6.17. The fourth-order valence-electron chi connectivity index (χ4n) is 1.54. The molecule has 0 saturated carbocycles. The second-order valence-corrected chi connectivity index (χ2v) is 5.22. The Bertz CT molecular complexity index is 645. The van der Waals surface area contributed by atoms with E-state index in [1.165, 1.54) is 18.2 Å². The van der Waals surface area contributed by atoms with Gasteiger partial charge in [0.15, 0.2) is 5.11 Å². The van der Waals surface area contributed by atoms with Crippen LogP contribution in [0, 0.1) is 0 Å². The minimum absolute atomic E-state index is 0.0337. The van der Waals surface area contributed by atoms with Gasteiger partial charge >= 0.3 is 0 Å². The molecule has 0 atom stereocenters. The Labute approximate surface area is 131 Å². The number of phenols is 2. The SMILES string of the molecule is Oc1ccc(NC(=S)Nc2cc(Cl)cc(Cl)c2)c(O)c1. The summed E-state index contributed by atoms with van der Waals surface area (Å²) in [5, 5.41) is 25.8. The zero-order valence-corrected chi connectivity index (χ0v) is 12.4. The van der Waals surface area contributed by atoms with Gasteiger partial charge in [0.2, 0.25) is 0 Å². The number of phenolic OH excluding ortho intramolecular Hbond substituents is 2. The van der Waals surface area contributed by atoms with Crippen LogP contribution in [0.1, 0.15) is 0 Å². The molecule has 4 nitrogen and oxygen atoms in total. The molecule has 0 fully saturated rings. The fraction of sp³-hybridized carbons (Fsp3) is 0. The van der Waals surface area contributed by atoms with E-state index in [0.717, 1.165) is 0 Å². The molecule has 0 spiro atoms. The van der Waals surface area contributed by atoms with Crippen LogP contribution < -0.4 is 10.6 Å². The van der Waals surface area contributed by atoms with Crippen LogP contribution in [0.5, 0.6) is 11.5 Å². The van der Waals surface area contributed by atoms with E-state index < -0.39 is 0 Å². The molecule has 0 aliphatic heterocycles. The number of aromatic hydroxyl groups is 2. The molecule has 0 heterocycles. The predicted octanol–water partition coefficient (Wildman–Crippen LogP) is 4.21. The van der Waals surface area contributed by atoms with Crippen LogP contribution in [-0.4, -0.2) is 15.3 Å². The average molecular weight is 329 g/mol. The van der Waals surface area contributed by atoms with Crippen LogP contribution in [0.2, 0.25) is 10.0 Å². The molecule has 2 aromatic rings. The minimum Gasteiger partial charge on any atom is -0.508 e. The molecule has 0 aromatic heterocycles. The van der Waals surface area contributed by atoms with Crippen LogP contribution in [0.4, 0.5) is 11.4 Å². The smallest absolute Gasteiger partial charge is 0.175 e. The summed E-state index contributed by atoms with van der Waals surface area (Å²) in [5.74, 6) is -0.146. The van der Waals surface area contributed by atoms with Gasteiger partial charge in [-0.05, 0) is 42.5 Å². The lowest BCUT2D eigenvalue weighted by atomic mass is 10.3. The Morgan fingerprint density at radius 1 is 0.950 bits per heavy atom. The second-order valence-electron chi connectivity index (χ2n) is 3.94. The van der Waals surface area contributed by atoms with Crippen molar-refractivity contribution in [3.63, 3.8) is 0 Å². The van der Waals surface area contributed by atoms with Crippen LogP contribution in [0.3, 0.4) is 0 Å². The first-order valence-corrected chi connectivity index (χ1v) is 6.66. The van der Waals surface area contributed by atoms with Crippen LogP contribution in [-0.2, 0) is 0 Å².